The Kier molecular flexibility index (Phi) is 3.43. The fourth-order valence-electron chi connectivity index (χ4n) is 2.41. The van der Waals surface area contributed by atoms with Gasteiger partial charge in [-0.2, -0.15) is 5.10 Å². The van der Waals surface area contributed by atoms with Crippen molar-refractivity contribution in [3.8, 4) is 16.9 Å². The number of aryl methyl sites for hydroxylation is 2. The average Bonchev–Trinajstić information content (AvgIpc) is 2.81. The number of aromatic nitrogens is 2. The number of hydrogen-bond acceptors (Lipinski definition) is 2. The van der Waals surface area contributed by atoms with Gasteiger partial charge in [0.1, 0.15) is 5.69 Å². The van der Waals surface area contributed by atoms with Gasteiger partial charge in [0.25, 0.3) is 0 Å². The topological polar surface area (TPSA) is 43.8 Å². The summed E-state index contributed by atoms with van der Waals surface area (Å²) in [5, 5.41) is 5.32. The molecule has 4 heteroatoms. The molecular formula is C17H16ClN3. The van der Waals surface area contributed by atoms with E-state index in [1.165, 1.54) is 11.1 Å². The van der Waals surface area contributed by atoms with Gasteiger partial charge in [0.05, 0.1) is 17.6 Å². The number of nitrogens with two attached hydrogens (primary N) is 1. The van der Waals surface area contributed by atoms with Crippen LogP contribution in [0.25, 0.3) is 16.9 Å². The largest absolute Gasteiger partial charge is 0.396 e. The molecule has 0 aliphatic rings. The summed E-state index contributed by atoms with van der Waals surface area (Å²) in [5.41, 5.74) is 11.9. The molecule has 0 saturated carbocycles. The summed E-state index contributed by atoms with van der Waals surface area (Å²) in [4.78, 5) is 0. The zero-order valence-electron chi connectivity index (χ0n) is 12.0. The summed E-state index contributed by atoms with van der Waals surface area (Å²) in [7, 11) is 0. The van der Waals surface area contributed by atoms with Gasteiger partial charge in [-0.15, -0.1) is 0 Å². The Morgan fingerprint density at radius 2 is 1.76 bits per heavy atom. The van der Waals surface area contributed by atoms with Crippen LogP contribution >= 0.6 is 11.6 Å². The van der Waals surface area contributed by atoms with Gasteiger partial charge in [-0.25, -0.2) is 4.68 Å². The molecule has 1 aromatic heterocycles. The third-order valence-electron chi connectivity index (χ3n) is 3.46. The van der Waals surface area contributed by atoms with Crippen molar-refractivity contribution in [2.75, 3.05) is 5.73 Å². The minimum atomic E-state index is 0.650. The van der Waals surface area contributed by atoms with Gasteiger partial charge in [0, 0.05) is 10.6 Å². The standard InChI is InChI=1S/C17H16ClN3/c1-11-3-8-16(12(2)9-11)21-10-15(19)17(20-21)13-4-6-14(18)7-5-13/h3-10H,19H2,1-2H3. The lowest BCUT2D eigenvalue weighted by Gasteiger charge is -2.06. The molecule has 0 amide bonds. The maximum absolute atomic E-state index is 6.11. The van der Waals surface area contributed by atoms with Gasteiger partial charge >= 0.3 is 0 Å². The van der Waals surface area contributed by atoms with Crippen molar-refractivity contribution in [2.24, 2.45) is 0 Å². The fraction of sp³-hybridized carbons (Fsp3) is 0.118. The quantitative estimate of drug-likeness (QED) is 0.762. The second-order valence-electron chi connectivity index (χ2n) is 5.17. The van der Waals surface area contributed by atoms with E-state index in [0.29, 0.717) is 10.7 Å². The van der Waals surface area contributed by atoms with E-state index in [4.69, 9.17) is 17.3 Å². The molecule has 0 atom stereocenters. The van der Waals surface area contributed by atoms with E-state index in [0.717, 1.165) is 16.9 Å². The lowest BCUT2D eigenvalue weighted by molar-refractivity contribution is 0.876. The lowest BCUT2D eigenvalue weighted by Crippen LogP contribution is -1.98. The molecule has 0 aliphatic carbocycles. The Balaban J connectivity index is 2.07. The summed E-state index contributed by atoms with van der Waals surface area (Å²) in [6.07, 6.45) is 1.85. The normalized spacial score (nSPS) is 10.8. The highest BCUT2D eigenvalue weighted by atomic mass is 35.5. The Morgan fingerprint density at radius 1 is 1.05 bits per heavy atom. The molecule has 3 rings (SSSR count). The Morgan fingerprint density at radius 3 is 2.43 bits per heavy atom. The molecule has 3 aromatic rings. The molecule has 0 radical (unpaired) electrons. The zero-order valence-corrected chi connectivity index (χ0v) is 12.7. The number of nitrogen functional groups attached to an aromatic ring is 1. The number of benzene rings is 2. The molecular weight excluding hydrogens is 282 g/mol. The number of nitrogens with zero attached hydrogens (tertiary/aromatic N) is 2. The smallest absolute Gasteiger partial charge is 0.116 e. The van der Waals surface area contributed by atoms with Crippen molar-refractivity contribution < 1.29 is 0 Å². The van der Waals surface area contributed by atoms with Gasteiger partial charge in [0.2, 0.25) is 0 Å². The van der Waals surface area contributed by atoms with Crippen LogP contribution in [0.15, 0.2) is 48.7 Å². The number of hydrogen-bond donors (Lipinski definition) is 1. The van der Waals surface area contributed by atoms with Crippen LogP contribution in [0, 0.1) is 13.8 Å². The first-order valence-corrected chi connectivity index (χ1v) is 7.11. The summed E-state index contributed by atoms with van der Waals surface area (Å²) in [5.74, 6) is 0. The second kappa shape index (κ2) is 5.26. The van der Waals surface area contributed by atoms with Crippen molar-refractivity contribution in [3.05, 3.63) is 64.8 Å². The van der Waals surface area contributed by atoms with Crippen LogP contribution in [0.4, 0.5) is 5.69 Å². The first-order valence-electron chi connectivity index (χ1n) is 6.73. The van der Waals surface area contributed by atoms with Gasteiger partial charge in [0.15, 0.2) is 0 Å². The molecule has 0 fully saturated rings. The van der Waals surface area contributed by atoms with E-state index < -0.39 is 0 Å². The number of rotatable bonds is 2. The first-order chi connectivity index (χ1) is 10.0. The Labute approximate surface area is 129 Å². The summed E-state index contributed by atoms with van der Waals surface area (Å²) < 4.78 is 1.83. The molecule has 3 nitrogen and oxygen atoms in total. The zero-order chi connectivity index (χ0) is 15.0. The number of halogens is 1. The molecule has 2 aromatic carbocycles. The summed E-state index contributed by atoms with van der Waals surface area (Å²) in [6, 6.07) is 13.8. The molecule has 0 bridgehead atoms. The van der Waals surface area contributed by atoms with Crippen molar-refractivity contribution in [2.45, 2.75) is 13.8 Å². The molecule has 0 spiro atoms. The van der Waals surface area contributed by atoms with E-state index >= 15 is 0 Å². The van der Waals surface area contributed by atoms with Crippen LogP contribution in [0.5, 0.6) is 0 Å². The maximum atomic E-state index is 6.11. The van der Waals surface area contributed by atoms with Crippen molar-refractivity contribution in [3.63, 3.8) is 0 Å². The predicted molar refractivity (Wildman–Crippen MR) is 87.9 cm³/mol. The minimum Gasteiger partial charge on any atom is -0.396 e. The lowest BCUT2D eigenvalue weighted by atomic mass is 10.1. The molecule has 106 valence electrons. The fourth-order valence-corrected chi connectivity index (χ4v) is 2.53. The average molecular weight is 298 g/mol. The highest BCUT2D eigenvalue weighted by molar-refractivity contribution is 6.30. The minimum absolute atomic E-state index is 0.650. The van der Waals surface area contributed by atoms with Crippen LogP contribution in [-0.2, 0) is 0 Å². The van der Waals surface area contributed by atoms with Crippen molar-refractivity contribution in [1.29, 1.82) is 0 Å². The Hall–Kier alpha value is -2.26. The molecule has 2 N–H and O–H groups in total. The van der Waals surface area contributed by atoms with E-state index in [1.54, 1.807) is 0 Å². The molecule has 0 unspecified atom stereocenters. The number of anilines is 1. The van der Waals surface area contributed by atoms with E-state index in [1.807, 2.05) is 35.1 Å². The monoisotopic (exact) mass is 297 g/mol. The van der Waals surface area contributed by atoms with E-state index in [-0.39, 0.29) is 0 Å². The maximum Gasteiger partial charge on any atom is 0.116 e. The SMILES string of the molecule is Cc1ccc(-n2cc(N)c(-c3ccc(Cl)cc3)n2)c(C)c1. The highest BCUT2D eigenvalue weighted by Gasteiger charge is 2.11. The second-order valence-corrected chi connectivity index (χ2v) is 5.61. The van der Waals surface area contributed by atoms with Gasteiger partial charge in [-0.05, 0) is 37.6 Å². The predicted octanol–water partition coefficient (Wildman–Crippen LogP) is 4.39. The third kappa shape index (κ3) is 2.65. The van der Waals surface area contributed by atoms with Crippen molar-refractivity contribution in [1.82, 2.24) is 9.78 Å². The van der Waals surface area contributed by atoms with E-state index in [2.05, 4.69) is 37.1 Å². The van der Waals surface area contributed by atoms with Gasteiger partial charge in [-0.1, -0.05) is 41.4 Å². The van der Waals surface area contributed by atoms with Crippen LogP contribution in [0.2, 0.25) is 5.02 Å². The molecule has 21 heavy (non-hydrogen) atoms. The van der Waals surface area contributed by atoms with Crippen LogP contribution in [0.1, 0.15) is 11.1 Å². The Bertz CT molecular complexity index is 788. The summed E-state index contributed by atoms with van der Waals surface area (Å²) in [6.45, 7) is 4.15. The third-order valence-corrected chi connectivity index (χ3v) is 3.71. The van der Waals surface area contributed by atoms with Crippen LogP contribution < -0.4 is 5.73 Å². The van der Waals surface area contributed by atoms with Crippen LogP contribution in [-0.4, -0.2) is 9.78 Å². The molecule has 0 aliphatic heterocycles. The van der Waals surface area contributed by atoms with Crippen molar-refractivity contribution >= 4 is 17.3 Å². The highest BCUT2D eigenvalue weighted by Crippen LogP contribution is 2.27. The summed E-state index contributed by atoms with van der Waals surface area (Å²) >= 11 is 5.92. The molecule has 0 saturated heterocycles. The van der Waals surface area contributed by atoms with Crippen LogP contribution in [0.3, 0.4) is 0 Å². The molecule has 1 heterocycles. The van der Waals surface area contributed by atoms with E-state index in [9.17, 15) is 0 Å². The van der Waals surface area contributed by atoms with Gasteiger partial charge < -0.3 is 5.73 Å². The van der Waals surface area contributed by atoms with Gasteiger partial charge in [-0.3, -0.25) is 0 Å². The first kappa shape index (κ1) is 13.7.